The van der Waals surface area contributed by atoms with E-state index in [0.717, 1.165) is 29.9 Å². The number of nitrogens with zero attached hydrogens (tertiary/aromatic N) is 4. The number of primary amides is 1. The number of carbonyl (C=O) groups is 2. The van der Waals surface area contributed by atoms with Crippen molar-refractivity contribution in [1.82, 2.24) is 15.3 Å². The van der Waals surface area contributed by atoms with Crippen molar-refractivity contribution >= 4 is 34.0 Å². The molecule has 0 aliphatic heterocycles. The van der Waals surface area contributed by atoms with E-state index in [1.165, 1.54) is 0 Å². The zero-order valence-corrected chi connectivity index (χ0v) is 15.8. The van der Waals surface area contributed by atoms with Crippen molar-refractivity contribution in [3.05, 3.63) is 34.6 Å². The minimum absolute atomic E-state index is 0.0772. The molecule has 8 nitrogen and oxygen atoms in total. The Morgan fingerprint density at radius 1 is 1.36 bits per heavy atom. The quantitative estimate of drug-likeness (QED) is 0.446. The number of pyridine rings is 1. The third-order valence-corrected chi connectivity index (χ3v) is 5.73. The minimum atomic E-state index is -1.13. The maximum atomic E-state index is 13.4. The van der Waals surface area contributed by atoms with E-state index >= 15 is 0 Å². The van der Waals surface area contributed by atoms with Crippen LogP contribution in [0.1, 0.15) is 46.8 Å². The smallest absolute Gasteiger partial charge is 0.271 e. The molecular weight excluding hydrogens is 390 g/mol. The maximum Gasteiger partial charge on any atom is 0.271 e. The average Bonchev–Trinajstić information content (AvgIpc) is 3.04. The molecule has 0 bridgehead atoms. The molecule has 2 heterocycles. The first-order chi connectivity index (χ1) is 13.1. The van der Waals surface area contributed by atoms with E-state index in [1.54, 1.807) is 6.19 Å². The molecule has 0 saturated heterocycles. The number of nitrogens with one attached hydrogen (secondary N) is 1. The van der Waals surface area contributed by atoms with E-state index in [4.69, 9.17) is 5.73 Å². The number of aromatic nitrogens is 2. The van der Waals surface area contributed by atoms with Crippen LogP contribution >= 0.6 is 11.3 Å². The molecule has 1 unspecified atom stereocenters. The van der Waals surface area contributed by atoms with Crippen molar-refractivity contribution in [3.8, 4) is 6.19 Å². The Hall–Kier alpha value is -3.13. The maximum absolute atomic E-state index is 13.4. The SMILES string of the molecule is CC1(C)CCC1NC(=O)c1nc(N(C#N)c2cc(F)nc(F)c2)sc1C(N)=O. The molecule has 1 fully saturated rings. The molecule has 1 atom stereocenters. The monoisotopic (exact) mass is 406 g/mol. The number of hydrogen-bond donors (Lipinski definition) is 2. The van der Waals surface area contributed by atoms with Gasteiger partial charge in [-0.15, -0.1) is 0 Å². The number of nitrogens with two attached hydrogens (primary N) is 1. The Morgan fingerprint density at radius 2 is 2.00 bits per heavy atom. The Kier molecular flexibility index (Phi) is 4.99. The van der Waals surface area contributed by atoms with Gasteiger partial charge in [0.05, 0.1) is 5.69 Å². The zero-order chi connectivity index (χ0) is 20.6. The molecule has 2 aromatic rings. The molecule has 0 aromatic carbocycles. The molecule has 11 heteroatoms. The summed E-state index contributed by atoms with van der Waals surface area (Å²) in [6.45, 7) is 4.01. The fourth-order valence-corrected chi connectivity index (χ4v) is 3.77. The molecule has 0 spiro atoms. The van der Waals surface area contributed by atoms with Crippen LogP contribution in [0.4, 0.5) is 19.6 Å². The highest BCUT2D eigenvalue weighted by Crippen LogP contribution is 2.40. The number of thiazole rings is 1. The molecule has 1 aliphatic rings. The topological polar surface area (TPSA) is 125 Å². The first kappa shape index (κ1) is 19.6. The number of anilines is 2. The number of hydrogen-bond acceptors (Lipinski definition) is 7. The Balaban J connectivity index is 1.96. The lowest BCUT2D eigenvalue weighted by Gasteiger charge is -2.44. The van der Waals surface area contributed by atoms with Crippen LogP contribution in [-0.2, 0) is 0 Å². The van der Waals surface area contributed by atoms with Gasteiger partial charge in [0.1, 0.15) is 4.88 Å². The van der Waals surface area contributed by atoms with Crippen LogP contribution in [0.25, 0.3) is 0 Å². The number of halogens is 2. The summed E-state index contributed by atoms with van der Waals surface area (Å²) in [7, 11) is 0. The summed E-state index contributed by atoms with van der Waals surface area (Å²) in [5.41, 5.74) is 4.85. The van der Waals surface area contributed by atoms with Gasteiger partial charge in [-0.25, -0.2) is 9.88 Å². The summed E-state index contributed by atoms with van der Waals surface area (Å²) < 4.78 is 26.8. The second-order valence-electron chi connectivity index (χ2n) is 7.00. The first-order valence-corrected chi connectivity index (χ1v) is 9.08. The second-order valence-corrected chi connectivity index (χ2v) is 7.98. The molecule has 146 valence electrons. The van der Waals surface area contributed by atoms with Gasteiger partial charge in [-0.05, 0) is 18.3 Å². The van der Waals surface area contributed by atoms with E-state index in [9.17, 15) is 23.6 Å². The summed E-state index contributed by atoms with van der Waals surface area (Å²) in [4.78, 5) is 32.0. The van der Waals surface area contributed by atoms with Crippen molar-refractivity contribution in [1.29, 1.82) is 5.26 Å². The summed E-state index contributed by atoms with van der Waals surface area (Å²) >= 11 is 0.679. The van der Waals surface area contributed by atoms with Crippen LogP contribution in [0.15, 0.2) is 12.1 Å². The van der Waals surface area contributed by atoms with E-state index in [-0.39, 0.29) is 32.8 Å². The molecule has 0 radical (unpaired) electrons. The molecular formula is C17H16F2N6O2S. The van der Waals surface area contributed by atoms with Gasteiger partial charge >= 0.3 is 0 Å². The van der Waals surface area contributed by atoms with Crippen LogP contribution in [-0.4, -0.2) is 27.8 Å². The number of nitriles is 1. The van der Waals surface area contributed by atoms with Gasteiger partial charge in [0.2, 0.25) is 17.0 Å². The Bertz CT molecular complexity index is 980. The van der Waals surface area contributed by atoms with Gasteiger partial charge in [0.15, 0.2) is 11.9 Å². The minimum Gasteiger partial charge on any atom is -0.365 e. The lowest BCUT2D eigenvalue weighted by Crippen LogP contribution is -2.52. The van der Waals surface area contributed by atoms with Gasteiger partial charge < -0.3 is 11.1 Å². The van der Waals surface area contributed by atoms with Crippen LogP contribution < -0.4 is 16.0 Å². The van der Waals surface area contributed by atoms with E-state index < -0.39 is 23.7 Å². The summed E-state index contributed by atoms with van der Waals surface area (Å²) in [6, 6.07) is 1.57. The standard InChI is InChI=1S/C17H16F2N6O2S/c1-17(2)4-3-9(17)22-15(27)12-13(14(21)26)28-16(24-12)25(7-20)8-5-10(18)23-11(19)6-8/h5-6,9H,3-4H2,1-2H3,(H2,21,26)(H,22,27). The van der Waals surface area contributed by atoms with E-state index in [2.05, 4.69) is 15.3 Å². The van der Waals surface area contributed by atoms with Crippen molar-refractivity contribution in [2.75, 3.05) is 4.90 Å². The Labute approximate surface area is 163 Å². The van der Waals surface area contributed by atoms with Gasteiger partial charge in [-0.2, -0.15) is 19.0 Å². The summed E-state index contributed by atoms with van der Waals surface area (Å²) in [6.07, 6.45) is 3.46. The van der Waals surface area contributed by atoms with Crippen molar-refractivity contribution in [3.63, 3.8) is 0 Å². The predicted octanol–water partition coefficient (Wildman–Crippen LogP) is 2.45. The first-order valence-electron chi connectivity index (χ1n) is 8.27. The lowest BCUT2D eigenvalue weighted by molar-refractivity contribution is 0.0725. The fraction of sp³-hybridized carbons (Fsp3) is 0.353. The average molecular weight is 406 g/mol. The number of amides is 2. The third-order valence-electron chi connectivity index (χ3n) is 4.68. The molecule has 2 aromatic heterocycles. The second kappa shape index (κ2) is 7.12. The highest BCUT2D eigenvalue weighted by Gasteiger charge is 2.40. The number of carbonyl (C=O) groups excluding carboxylic acids is 2. The van der Waals surface area contributed by atoms with Gasteiger partial charge in [-0.1, -0.05) is 25.2 Å². The Morgan fingerprint density at radius 3 is 2.46 bits per heavy atom. The van der Waals surface area contributed by atoms with Crippen LogP contribution in [0.5, 0.6) is 0 Å². The van der Waals surface area contributed by atoms with Crippen LogP contribution in [0, 0.1) is 28.8 Å². The molecule has 2 amide bonds. The van der Waals surface area contributed by atoms with E-state index in [1.807, 2.05) is 13.8 Å². The predicted molar refractivity (Wildman–Crippen MR) is 96.8 cm³/mol. The van der Waals surface area contributed by atoms with Gasteiger partial charge in [0, 0.05) is 18.2 Å². The highest BCUT2D eigenvalue weighted by atomic mass is 32.1. The molecule has 3 rings (SSSR count). The third kappa shape index (κ3) is 3.63. The van der Waals surface area contributed by atoms with Gasteiger partial charge in [-0.3, -0.25) is 9.59 Å². The highest BCUT2D eigenvalue weighted by molar-refractivity contribution is 7.18. The zero-order valence-electron chi connectivity index (χ0n) is 15.0. The normalized spacial score (nSPS) is 17.3. The largest absolute Gasteiger partial charge is 0.365 e. The molecule has 1 saturated carbocycles. The van der Waals surface area contributed by atoms with E-state index in [0.29, 0.717) is 11.3 Å². The van der Waals surface area contributed by atoms with Crippen LogP contribution in [0.3, 0.4) is 0 Å². The molecule has 28 heavy (non-hydrogen) atoms. The summed E-state index contributed by atoms with van der Waals surface area (Å²) in [5.74, 6) is -3.76. The van der Waals surface area contributed by atoms with Crippen LogP contribution in [0.2, 0.25) is 0 Å². The molecule has 1 aliphatic carbocycles. The van der Waals surface area contributed by atoms with Crippen molar-refractivity contribution in [2.24, 2.45) is 11.1 Å². The van der Waals surface area contributed by atoms with Crippen molar-refractivity contribution in [2.45, 2.75) is 32.7 Å². The molecule has 3 N–H and O–H groups in total. The van der Waals surface area contributed by atoms with Gasteiger partial charge in [0.25, 0.3) is 11.8 Å². The lowest BCUT2D eigenvalue weighted by atomic mass is 9.67. The summed E-state index contributed by atoms with van der Waals surface area (Å²) in [5, 5.41) is 12.1. The number of rotatable bonds is 5. The fourth-order valence-electron chi connectivity index (χ4n) is 2.88. The van der Waals surface area contributed by atoms with Crippen molar-refractivity contribution < 1.29 is 18.4 Å².